The zero-order chi connectivity index (χ0) is 20.5. The molecule has 1 aromatic carbocycles. The molecule has 5 nitrogen and oxygen atoms in total. The van der Waals surface area contributed by atoms with E-state index in [9.17, 15) is 18.7 Å². The number of rotatable bonds is 11. The lowest BCUT2D eigenvalue weighted by molar-refractivity contribution is -0.143. The van der Waals surface area contributed by atoms with E-state index in [1.807, 2.05) is 6.92 Å². The number of halogens is 2. The highest BCUT2D eigenvalue weighted by atomic mass is 19.1. The summed E-state index contributed by atoms with van der Waals surface area (Å²) in [6.45, 7) is 6.38. The molecule has 1 aromatic rings. The van der Waals surface area contributed by atoms with E-state index in [1.165, 1.54) is 6.07 Å². The van der Waals surface area contributed by atoms with Gasteiger partial charge < -0.3 is 19.5 Å². The lowest BCUT2D eigenvalue weighted by Crippen LogP contribution is -2.33. The van der Waals surface area contributed by atoms with Gasteiger partial charge in [0, 0.05) is 19.0 Å². The average molecular weight is 399 g/mol. The number of aliphatic hydroxyl groups is 1. The van der Waals surface area contributed by atoms with E-state index in [1.54, 1.807) is 6.92 Å². The zero-order valence-corrected chi connectivity index (χ0v) is 16.8. The Labute approximate surface area is 165 Å². The smallest absolute Gasteiger partial charge is 0.306 e. The van der Waals surface area contributed by atoms with Crippen LogP contribution in [-0.4, -0.2) is 54.9 Å². The summed E-state index contributed by atoms with van der Waals surface area (Å²) in [5.41, 5.74) is 0.646. The second-order valence-corrected chi connectivity index (χ2v) is 7.15. The van der Waals surface area contributed by atoms with Crippen LogP contribution in [0.4, 0.5) is 8.78 Å². The van der Waals surface area contributed by atoms with Crippen LogP contribution < -0.4 is 0 Å². The van der Waals surface area contributed by atoms with E-state index in [4.69, 9.17) is 9.47 Å². The maximum atomic E-state index is 14.4. The number of hydrogen-bond donors (Lipinski definition) is 1. The SMILES string of the molecule is CCOC(=O)CCc1c(F)cc(F)cc1C(CC)OCC(O)CN1CCCC1. The summed E-state index contributed by atoms with van der Waals surface area (Å²) in [5, 5.41) is 10.2. The molecule has 1 saturated heterocycles. The largest absolute Gasteiger partial charge is 0.466 e. The van der Waals surface area contributed by atoms with Gasteiger partial charge in [-0.1, -0.05) is 6.92 Å². The van der Waals surface area contributed by atoms with Crippen LogP contribution >= 0.6 is 0 Å². The topological polar surface area (TPSA) is 59.0 Å². The van der Waals surface area contributed by atoms with Crippen LogP contribution in [0, 0.1) is 11.6 Å². The number of benzene rings is 1. The number of ether oxygens (including phenoxy) is 2. The minimum Gasteiger partial charge on any atom is -0.466 e. The fraction of sp³-hybridized carbons (Fsp3) is 0.667. The van der Waals surface area contributed by atoms with Crippen molar-refractivity contribution in [1.29, 1.82) is 0 Å². The molecule has 0 saturated carbocycles. The van der Waals surface area contributed by atoms with Gasteiger partial charge in [-0.05, 0) is 62.9 Å². The lowest BCUT2D eigenvalue weighted by Gasteiger charge is -2.24. The number of hydrogen-bond acceptors (Lipinski definition) is 5. The van der Waals surface area contributed by atoms with Gasteiger partial charge in [-0.15, -0.1) is 0 Å². The molecule has 0 bridgehead atoms. The van der Waals surface area contributed by atoms with Gasteiger partial charge in [0.1, 0.15) is 11.6 Å². The summed E-state index contributed by atoms with van der Waals surface area (Å²) in [6, 6.07) is 2.07. The highest BCUT2D eigenvalue weighted by Crippen LogP contribution is 2.29. The third kappa shape index (κ3) is 6.79. The van der Waals surface area contributed by atoms with Crippen molar-refractivity contribution in [3.8, 4) is 0 Å². The molecule has 0 amide bonds. The van der Waals surface area contributed by atoms with Crippen molar-refractivity contribution in [1.82, 2.24) is 4.90 Å². The molecule has 2 atom stereocenters. The quantitative estimate of drug-likeness (QED) is 0.578. The molecule has 0 radical (unpaired) electrons. The van der Waals surface area contributed by atoms with Crippen molar-refractivity contribution >= 4 is 5.97 Å². The van der Waals surface area contributed by atoms with Gasteiger partial charge in [0.25, 0.3) is 0 Å². The van der Waals surface area contributed by atoms with E-state index in [2.05, 4.69) is 4.90 Å². The maximum absolute atomic E-state index is 14.4. The molecule has 2 unspecified atom stereocenters. The molecule has 1 aliphatic rings. The number of carbonyl (C=O) groups excluding carboxylic acids is 1. The fourth-order valence-corrected chi connectivity index (χ4v) is 3.61. The summed E-state index contributed by atoms with van der Waals surface area (Å²) >= 11 is 0. The molecule has 2 rings (SSSR count). The molecule has 158 valence electrons. The van der Waals surface area contributed by atoms with Crippen LogP contribution in [0.25, 0.3) is 0 Å². The Balaban J connectivity index is 2.04. The number of likely N-dealkylation sites (tertiary alicyclic amines) is 1. The summed E-state index contributed by atoms with van der Waals surface area (Å²) in [4.78, 5) is 13.8. The number of carbonyl (C=O) groups is 1. The molecule has 28 heavy (non-hydrogen) atoms. The van der Waals surface area contributed by atoms with Crippen LogP contribution in [0.1, 0.15) is 56.8 Å². The molecule has 1 fully saturated rings. The van der Waals surface area contributed by atoms with Gasteiger partial charge in [-0.25, -0.2) is 8.78 Å². The van der Waals surface area contributed by atoms with E-state index < -0.39 is 29.8 Å². The van der Waals surface area contributed by atoms with Crippen LogP contribution in [0.3, 0.4) is 0 Å². The third-order valence-corrected chi connectivity index (χ3v) is 4.95. The first kappa shape index (κ1) is 22.7. The summed E-state index contributed by atoms with van der Waals surface area (Å²) in [7, 11) is 0. The fourth-order valence-electron chi connectivity index (χ4n) is 3.61. The molecular formula is C21H31F2NO4. The van der Waals surface area contributed by atoms with Crippen molar-refractivity contribution in [3.05, 3.63) is 34.9 Å². The summed E-state index contributed by atoms with van der Waals surface area (Å²) in [5.74, 6) is -1.81. The molecule has 1 heterocycles. The molecule has 7 heteroatoms. The molecule has 0 aromatic heterocycles. The summed E-state index contributed by atoms with van der Waals surface area (Å²) < 4.78 is 39.0. The highest BCUT2D eigenvalue weighted by Gasteiger charge is 2.22. The van der Waals surface area contributed by atoms with Gasteiger partial charge in [-0.2, -0.15) is 0 Å². The van der Waals surface area contributed by atoms with Gasteiger partial charge in [-0.3, -0.25) is 4.79 Å². The predicted molar refractivity (Wildman–Crippen MR) is 102 cm³/mol. The van der Waals surface area contributed by atoms with Crippen LogP contribution in [-0.2, 0) is 20.7 Å². The molecule has 1 aliphatic heterocycles. The normalized spacial score (nSPS) is 16.9. The molecule has 1 N–H and O–H groups in total. The zero-order valence-electron chi connectivity index (χ0n) is 16.8. The van der Waals surface area contributed by atoms with Gasteiger partial charge in [0.05, 0.1) is 25.4 Å². The highest BCUT2D eigenvalue weighted by molar-refractivity contribution is 5.69. The molecule has 0 aliphatic carbocycles. The van der Waals surface area contributed by atoms with Crippen molar-refractivity contribution in [2.75, 3.05) is 32.8 Å². The Bertz CT molecular complexity index is 635. The van der Waals surface area contributed by atoms with Crippen LogP contribution in [0.15, 0.2) is 12.1 Å². The van der Waals surface area contributed by atoms with Crippen molar-refractivity contribution < 1.29 is 28.2 Å². The standard InChI is InChI=1S/C21H31F2NO4/c1-3-20(28-14-16(25)13-24-9-5-6-10-24)18-11-15(22)12-19(23)17(18)7-8-21(26)27-4-2/h11-12,16,20,25H,3-10,13-14H2,1-2H3. The minimum atomic E-state index is -0.695. The first-order valence-corrected chi connectivity index (χ1v) is 10.1. The number of nitrogens with zero attached hydrogens (tertiary/aromatic N) is 1. The number of aliphatic hydroxyl groups excluding tert-OH is 1. The molecule has 0 spiro atoms. The second-order valence-electron chi connectivity index (χ2n) is 7.15. The first-order chi connectivity index (χ1) is 13.4. The van der Waals surface area contributed by atoms with Gasteiger partial charge in [0.15, 0.2) is 0 Å². The third-order valence-electron chi connectivity index (χ3n) is 4.95. The van der Waals surface area contributed by atoms with Crippen molar-refractivity contribution in [3.63, 3.8) is 0 Å². The van der Waals surface area contributed by atoms with Gasteiger partial charge in [0.2, 0.25) is 0 Å². The van der Waals surface area contributed by atoms with Crippen LogP contribution in [0.2, 0.25) is 0 Å². The maximum Gasteiger partial charge on any atom is 0.306 e. The Morgan fingerprint density at radius 3 is 2.61 bits per heavy atom. The lowest BCUT2D eigenvalue weighted by atomic mass is 9.96. The van der Waals surface area contributed by atoms with E-state index in [-0.39, 0.29) is 31.6 Å². The number of esters is 1. The monoisotopic (exact) mass is 399 g/mol. The first-order valence-electron chi connectivity index (χ1n) is 10.1. The second kappa shape index (κ2) is 11.4. The van der Waals surface area contributed by atoms with E-state index >= 15 is 0 Å². The Morgan fingerprint density at radius 1 is 1.25 bits per heavy atom. The Hall–Kier alpha value is -1.57. The summed E-state index contributed by atoms with van der Waals surface area (Å²) in [6.07, 6.45) is 1.67. The number of β-amino-alcohol motifs (C(OH)–C–C–N with tert-alkyl or cyclic N) is 1. The van der Waals surface area contributed by atoms with Crippen molar-refractivity contribution in [2.24, 2.45) is 0 Å². The van der Waals surface area contributed by atoms with Crippen LogP contribution in [0.5, 0.6) is 0 Å². The molecular weight excluding hydrogens is 368 g/mol. The Kier molecular flexibility index (Phi) is 9.28. The van der Waals surface area contributed by atoms with Crippen molar-refractivity contribution in [2.45, 2.75) is 58.2 Å². The average Bonchev–Trinajstić information content (AvgIpc) is 3.14. The van der Waals surface area contributed by atoms with E-state index in [0.29, 0.717) is 18.5 Å². The Morgan fingerprint density at radius 2 is 1.96 bits per heavy atom. The van der Waals surface area contributed by atoms with Gasteiger partial charge >= 0.3 is 5.97 Å². The predicted octanol–water partition coefficient (Wildman–Crippen LogP) is 3.38. The van der Waals surface area contributed by atoms with E-state index in [0.717, 1.165) is 32.0 Å². The minimum absolute atomic E-state index is 0.0113.